The summed E-state index contributed by atoms with van der Waals surface area (Å²) in [4.78, 5) is 11.9. The van der Waals surface area contributed by atoms with Gasteiger partial charge in [-0.1, -0.05) is 6.92 Å². The first-order valence-electron chi connectivity index (χ1n) is 6.42. The summed E-state index contributed by atoms with van der Waals surface area (Å²) in [5.41, 5.74) is -0.770. The fourth-order valence-corrected chi connectivity index (χ4v) is 1.51. The molecule has 0 heterocycles. The van der Waals surface area contributed by atoms with E-state index >= 15 is 0 Å². The lowest BCUT2D eigenvalue weighted by atomic mass is 10.0. The van der Waals surface area contributed by atoms with E-state index in [1.54, 1.807) is 0 Å². The third-order valence-corrected chi connectivity index (χ3v) is 2.56. The smallest absolute Gasteiger partial charge is 0.328 e. The molecule has 0 aromatic heterocycles. The van der Waals surface area contributed by atoms with Gasteiger partial charge in [0.05, 0.1) is 19.3 Å². The lowest BCUT2D eigenvalue weighted by Gasteiger charge is -2.31. The van der Waals surface area contributed by atoms with Crippen LogP contribution in [0.1, 0.15) is 48.0 Å². The summed E-state index contributed by atoms with van der Waals surface area (Å²) in [6, 6.07) is 0.199. The van der Waals surface area contributed by atoms with Crippen LogP contribution in [0.2, 0.25) is 0 Å². The van der Waals surface area contributed by atoms with E-state index in [-0.39, 0.29) is 18.1 Å². The van der Waals surface area contributed by atoms with Gasteiger partial charge in [0.15, 0.2) is 0 Å². The van der Waals surface area contributed by atoms with Crippen molar-refractivity contribution in [2.24, 2.45) is 0 Å². The quantitative estimate of drug-likeness (QED) is 0.665. The Morgan fingerprint density at radius 1 is 1.29 bits per heavy atom. The first kappa shape index (κ1) is 16.4. The molecule has 0 aliphatic heterocycles. The van der Waals surface area contributed by atoms with Gasteiger partial charge in [-0.2, -0.15) is 0 Å². The molecule has 2 unspecified atom stereocenters. The van der Waals surface area contributed by atoms with Crippen LogP contribution in [-0.4, -0.2) is 36.9 Å². The first-order chi connectivity index (χ1) is 7.85. The Balaban J connectivity index is 4.54. The maximum Gasteiger partial charge on any atom is 0.328 e. The Bertz CT molecular complexity index is 231. The summed E-state index contributed by atoms with van der Waals surface area (Å²) < 4.78 is 10.8. The summed E-state index contributed by atoms with van der Waals surface area (Å²) in [5, 5.41) is 3.22. The van der Waals surface area contributed by atoms with Gasteiger partial charge in [0.25, 0.3) is 0 Å². The molecule has 0 amide bonds. The molecule has 17 heavy (non-hydrogen) atoms. The molecular weight excluding hydrogens is 218 g/mol. The van der Waals surface area contributed by atoms with E-state index in [9.17, 15) is 4.79 Å². The number of ether oxygens (including phenoxy) is 2. The number of carbonyl (C=O) groups is 1. The van der Waals surface area contributed by atoms with Gasteiger partial charge in [-0.15, -0.1) is 0 Å². The molecule has 0 aromatic carbocycles. The highest BCUT2D eigenvalue weighted by Crippen LogP contribution is 2.11. The molecule has 4 heteroatoms. The average molecular weight is 245 g/mol. The van der Waals surface area contributed by atoms with Gasteiger partial charge in [-0.05, 0) is 41.0 Å². The minimum absolute atomic E-state index is 0.151. The van der Waals surface area contributed by atoms with E-state index in [2.05, 4.69) is 12.2 Å². The highest BCUT2D eigenvalue weighted by atomic mass is 16.5. The molecule has 0 aromatic rings. The molecule has 2 atom stereocenters. The van der Waals surface area contributed by atoms with Crippen molar-refractivity contribution in [3.05, 3.63) is 0 Å². The molecule has 0 spiro atoms. The minimum atomic E-state index is -0.770. The van der Waals surface area contributed by atoms with Gasteiger partial charge in [-0.25, -0.2) is 4.79 Å². The zero-order valence-corrected chi connectivity index (χ0v) is 12.0. The molecule has 4 nitrogen and oxygen atoms in total. The van der Waals surface area contributed by atoms with Gasteiger partial charge >= 0.3 is 5.97 Å². The van der Waals surface area contributed by atoms with Crippen LogP contribution in [0.5, 0.6) is 0 Å². The topological polar surface area (TPSA) is 47.6 Å². The fourth-order valence-electron chi connectivity index (χ4n) is 1.51. The number of hydrogen-bond donors (Lipinski definition) is 1. The summed E-state index contributed by atoms with van der Waals surface area (Å²) in [7, 11) is 0. The van der Waals surface area contributed by atoms with Crippen molar-refractivity contribution in [2.45, 2.75) is 65.6 Å². The van der Waals surface area contributed by atoms with Gasteiger partial charge in [0.2, 0.25) is 0 Å². The first-order valence-corrected chi connectivity index (χ1v) is 6.42. The van der Waals surface area contributed by atoms with Gasteiger partial charge in [-0.3, -0.25) is 5.32 Å². The van der Waals surface area contributed by atoms with E-state index in [1.165, 1.54) is 0 Å². The van der Waals surface area contributed by atoms with Gasteiger partial charge in [0, 0.05) is 6.04 Å². The molecule has 0 bridgehead atoms. The van der Waals surface area contributed by atoms with Crippen LogP contribution in [0, 0.1) is 0 Å². The molecule has 0 aliphatic rings. The second-order valence-electron chi connectivity index (χ2n) is 4.88. The summed E-state index contributed by atoms with van der Waals surface area (Å²) in [6.07, 6.45) is 1.08. The second kappa shape index (κ2) is 7.67. The van der Waals surface area contributed by atoms with Gasteiger partial charge in [0.1, 0.15) is 5.54 Å². The summed E-state index contributed by atoms with van der Waals surface area (Å²) >= 11 is 0. The predicted molar refractivity (Wildman–Crippen MR) is 69.0 cm³/mol. The zero-order valence-electron chi connectivity index (χ0n) is 12.0. The van der Waals surface area contributed by atoms with Crippen LogP contribution in [0.15, 0.2) is 0 Å². The Labute approximate surface area is 105 Å². The van der Waals surface area contributed by atoms with E-state index in [0.29, 0.717) is 13.2 Å². The number of esters is 1. The highest BCUT2D eigenvalue weighted by molar-refractivity contribution is 5.80. The molecule has 0 radical (unpaired) electrons. The average Bonchev–Trinajstić information content (AvgIpc) is 2.25. The molecule has 0 fully saturated rings. The maximum absolute atomic E-state index is 11.9. The molecule has 0 saturated heterocycles. The van der Waals surface area contributed by atoms with Crippen molar-refractivity contribution < 1.29 is 14.3 Å². The monoisotopic (exact) mass is 245 g/mol. The van der Waals surface area contributed by atoms with E-state index in [1.807, 2.05) is 34.6 Å². The van der Waals surface area contributed by atoms with Gasteiger partial charge < -0.3 is 9.47 Å². The number of carbonyl (C=O) groups excluding carboxylic acids is 1. The number of rotatable bonds is 8. The lowest BCUT2D eigenvalue weighted by molar-refractivity contribution is -0.154. The van der Waals surface area contributed by atoms with Crippen molar-refractivity contribution >= 4 is 5.97 Å². The third-order valence-electron chi connectivity index (χ3n) is 2.56. The summed E-state index contributed by atoms with van der Waals surface area (Å²) in [5.74, 6) is -0.253. The van der Waals surface area contributed by atoms with Crippen LogP contribution in [0.3, 0.4) is 0 Å². The van der Waals surface area contributed by atoms with Crippen LogP contribution in [0.4, 0.5) is 0 Å². The third kappa shape index (κ3) is 6.03. The van der Waals surface area contributed by atoms with Crippen LogP contribution < -0.4 is 5.32 Å². The molecule has 1 N–H and O–H groups in total. The van der Waals surface area contributed by atoms with Crippen molar-refractivity contribution in [3.63, 3.8) is 0 Å². The molecule has 0 rings (SSSR count). The van der Waals surface area contributed by atoms with Crippen molar-refractivity contribution in [2.75, 3.05) is 13.2 Å². The lowest BCUT2D eigenvalue weighted by Crippen LogP contribution is -2.56. The second-order valence-corrected chi connectivity index (χ2v) is 4.88. The van der Waals surface area contributed by atoms with E-state index < -0.39 is 5.54 Å². The zero-order chi connectivity index (χ0) is 13.5. The van der Waals surface area contributed by atoms with Crippen molar-refractivity contribution in [1.82, 2.24) is 5.32 Å². The summed E-state index contributed by atoms with van der Waals surface area (Å²) in [6.45, 7) is 12.4. The normalized spacial score (nSPS) is 16.6. The highest BCUT2D eigenvalue weighted by Gasteiger charge is 2.35. The largest absolute Gasteiger partial charge is 0.465 e. The Morgan fingerprint density at radius 3 is 2.29 bits per heavy atom. The van der Waals surface area contributed by atoms with Crippen molar-refractivity contribution in [3.8, 4) is 0 Å². The SMILES string of the molecule is CCOC(=O)C(C)(COC(C)CC)NC(C)C. The van der Waals surface area contributed by atoms with E-state index in [0.717, 1.165) is 6.42 Å². The molecular formula is C13H27NO3. The number of nitrogens with one attached hydrogen (secondary N) is 1. The maximum atomic E-state index is 11.9. The number of hydrogen-bond acceptors (Lipinski definition) is 4. The fraction of sp³-hybridized carbons (Fsp3) is 0.923. The standard InChI is InChI=1S/C13H27NO3/c1-7-11(5)17-9-13(6,14-10(3)4)12(15)16-8-2/h10-11,14H,7-9H2,1-6H3. The predicted octanol–water partition coefficient (Wildman–Crippen LogP) is 2.12. The van der Waals surface area contributed by atoms with Crippen LogP contribution >= 0.6 is 0 Å². The Morgan fingerprint density at radius 2 is 1.88 bits per heavy atom. The Kier molecular flexibility index (Phi) is 7.39. The Hall–Kier alpha value is -0.610. The van der Waals surface area contributed by atoms with Crippen LogP contribution in [-0.2, 0) is 14.3 Å². The molecule has 102 valence electrons. The minimum Gasteiger partial charge on any atom is -0.465 e. The van der Waals surface area contributed by atoms with Crippen LogP contribution in [0.25, 0.3) is 0 Å². The van der Waals surface area contributed by atoms with Crippen molar-refractivity contribution in [1.29, 1.82) is 0 Å². The van der Waals surface area contributed by atoms with E-state index in [4.69, 9.17) is 9.47 Å². The molecule has 0 aliphatic carbocycles. The molecule has 0 saturated carbocycles.